The molecule has 0 bridgehead atoms. The number of hydrogen-bond donors (Lipinski definition) is 4. The Morgan fingerprint density at radius 1 is 1.17 bits per heavy atom. The van der Waals surface area contributed by atoms with Gasteiger partial charge in [-0.25, -0.2) is 0 Å². The monoisotopic (exact) mass is 246 g/mol. The number of anilines is 1. The van der Waals surface area contributed by atoms with Crippen molar-refractivity contribution in [1.82, 2.24) is 15.5 Å². The highest BCUT2D eigenvalue weighted by Gasteiger charge is 2.16. The molecule has 1 aromatic carbocycles. The van der Waals surface area contributed by atoms with Gasteiger partial charge in [-0.15, -0.1) is 0 Å². The summed E-state index contributed by atoms with van der Waals surface area (Å²) in [5.41, 5.74) is 0.157. The molecule has 1 fully saturated rings. The van der Waals surface area contributed by atoms with Gasteiger partial charge in [0.1, 0.15) is 0 Å². The van der Waals surface area contributed by atoms with Gasteiger partial charge >= 0.3 is 0 Å². The summed E-state index contributed by atoms with van der Waals surface area (Å²) in [5.74, 6) is 0. The second kappa shape index (κ2) is 4.30. The van der Waals surface area contributed by atoms with Crippen LogP contribution in [-0.2, 0) is 0 Å². The molecule has 3 rings (SSSR count). The van der Waals surface area contributed by atoms with E-state index >= 15 is 0 Å². The van der Waals surface area contributed by atoms with Crippen LogP contribution in [0, 0.1) is 0 Å². The van der Waals surface area contributed by atoms with E-state index in [4.69, 9.17) is 0 Å². The number of aromatic nitrogens is 2. The third-order valence-electron chi connectivity index (χ3n) is 3.25. The summed E-state index contributed by atoms with van der Waals surface area (Å²) in [5, 5.41) is 12.1. The zero-order valence-corrected chi connectivity index (χ0v) is 9.75. The molecule has 1 saturated heterocycles. The molecule has 1 aliphatic heterocycles. The van der Waals surface area contributed by atoms with Gasteiger partial charge in [-0.05, 0) is 25.1 Å². The quantitative estimate of drug-likeness (QED) is 0.600. The SMILES string of the molecule is O=c1[nH][nH]c(=O)c2c(NC3CCNC3)cccc12. The van der Waals surface area contributed by atoms with Crippen LogP contribution in [0.25, 0.3) is 10.8 Å². The number of fused-ring (bicyclic) bond motifs is 1. The highest BCUT2D eigenvalue weighted by atomic mass is 16.1. The molecular formula is C12H14N4O2. The standard InChI is InChI=1S/C12H14N4O2/c17-11-8-2-1-3-9(10(8)12(18)16-15-11)14-7-4-5-13-6-7/h1-3,7,13-14H,4-6H2,(H,15,17)(H,16,18). The van der Waals surface area contributed by atoms with E-state index in [1.54, 1.807) is 12.1 Å². The van der Waals surface area contributed by atoms with Crippen molar-refractivity contribution in [2.24, 2.45) is 0 Å². The summed E-state index contributed by atoms with van der Waals surface area (Å²) in [4.78, 5) is 23.5. The third kappa shape index (κ3) is 1.80. The highest BCUT2D eigenvalue weighted by Crippen LogP contribution is 2.18. The van der Waals surface area contributed by atoms with Crippen LogP contribution in [0.2, 0.25) is 0 Å². The van der Waals surface area contributed by atoms with Crippen LogP contribution in [0.1, 0.15) is 6.42 Å². The summed E-state index contributed by atoms with van der Waals surface area (Å²) >= 11 is 0. The van der Waals surface area contributed by atoms with Crippen molar-refractivity contribution < 1.29 is 0 Å². The minimum Gasteiger partial charge on any atom is -0.380 e. The van der Waals surface area contributed by atoms with Gasteiger partial charge in [-0.3, -0.25) is 19.8 Å². The molecule has 0 radical (unpaired) electrons. The summed E-state index contributed by atoms with van der Waals surface area (Å²) in [7, 11) is 0. The molecular weight excluding hydrogens is 232 g/mol. The number of H-pyrrole nitrogens is 2. The topological polar surface area (TPSA) is 89.8 Å². The van der Waals surface area contributed by atoms with E-state index in [0.717, 1.165) is 19.5 Å². The molecule has 2 heterocycles. The fraction of sp³-hybridized carbons (Fsp3) is 0.333. The minimum absolute atomic E-state index is 0.279. The molecule has 6 nitrogen and oxygen atoms in total. The maximum atomic E-state index is 11.8. The summed E-state index contributed by atoms with van der Waals surface area (Å²) in [6, 6.07) is 5.56. The maximum Gasteiger partial charge on any atom is 0.272 e. The third-order valence-corrected chi connectivity index (χ3v) is 3.25. The second-order valence-corrected chi connectivity index (χ2v) is 4.47. The zero-order chi connectivity index (χ0) is 12.5. The van der Waals surface area contributed by atoms with Gasteiger partial charge in [0.05, 0.1) is 10.8 Å². The van der Waals surface area contributed by atoms with E-state index in [1.165, 1.54) is 0 Å². The summed E-state index contributed by atoms with van der Waals surface area (Å²) in [6.45, 7) is 1.84. The zero-order valence-electron chi connectivity index (χ0n) is 9.75. The second-order valence-electron chi connectivity index (χ2n) is 4.47. The van der Waals surface area contributed by atoms with E-state index in [0.29, 0.717) is 22.5 Å². The van der Waals surface area contributed by atoms with Crippen LogP contribution >= 0.6 is 0 Å². The van der Waals surface area contributed by atoms with E-state index in [2.05, 4.69) is 20.8 Å². The fourth-order valence-corrected chi connectivity index (χ4v) is 2.35. The number of nitrogens with one attached hydrogen (secondary N) is 4. The maximum absolute atomic E-state index is 11.8. The molecule has 94 valence electrons. The fourth-order valence-electron chi connectivity index (χ4n) is 2.35. The lowest BCUT2D eigenvalue weighted by molar-refractivity contribution is 0.794. The van der Waals surface area contributed by atoms with Crippen molar-refractivity contribution in [3.8, 4) is 0 Å². The lowest BCUT2D eigenvalue weighted by Gasteiger charge is -2.14. The first-order valence-corrected chi connectivity index (χ1v) is 5.96. The molecule has 1 aromatic heterocycles. The Labute approximate surface area is 102 Å². The molecule has 1 atom stereocenters. The van der Waals surface area contributed by atoms with E-state index in [9.17, 15) is 9.59 Å². The Bertz CT molecular complexity index is 682. The van der Waals surface area contributed by atoms with E-state index in [-0.39, 0.29) is 11.1 Å². The summed E-state index contributed by atoms with van der Waals surface area (Å²) in [6.07, 6.45) is 1.01. The Morgan fingerprint density at radius 2 is 2.00 bits per heavy atom. The van der Waals surface area contributed by atoms with Crippen LogP contribution in [-0.4, -0.2) is 29.3 Å². The van der Waals surface area contributed by atoms with Crippen molar-refractivity contribution in [2.45, 2.75) is 12.5 Å². The minimum atomic E-state index is -0.280. The average Bonchev–Trinajstić information content (AvgIpc) is 2.87. The molecule has 18 heavy (non-hydrogen) atoms. The van der Waals surface area contributed by atoms with Gasteiger partial charge < -0.3 is 10.6 Å². The first kappa shape index (κ1) is 11.0. The molecule has 6 heteroatoms. The Balaban J connectivity index is 2.14. The molecule has 4 N–H and O–H groups in total. The van der Waals surface area contributed by atoms with Crippen molar-refractivity contribution in [1.29, 1.82) is 0 Å². The molecule has 0 saturated carbocycles. The van der Waals surface area contributed by atoms with Gasteiger partial charge in [-0.1, -0.05) is 6.07 Å². The van der Waals surface area contributed by atoms with Gasteiger partial charge in [0, 0.05) is 18.3 Å². The van der Waals surface area contributed by atoms with Crippen molar-refractivity contribution in [2.75, 3.05) is 18.4 Å². The smallest absolute Gasteiger partial charge is 0.272 e. The van der Waals surface area contributed by atoms with Crippen LogP contribution in [0.5, 0.6) is 0 Å². The van der Waals surface area contributed by atoms with Crippen LogP contribution in [0.15, 0.2) is 27.8 Å². The largest absolute Gasteiger partial charge is 0.380 e. The number of rotatable bonds is 2. The molecule has 0 spiro atoms. The molecule has 0 aliphatic carbocycles. The van der Waals surface area contributed by atoms with Gasteiger partial charge in [-0.2, -0.15) is 0 Å². The van der Waals surface area contributed by atoms with Gasteiger partial charge in [0.2, 0.25) is 0 Å². The predicted octanol–water partition coefficient (Wildman–Crippen LogP) is -0.00980. The number of benzene rings is 1. The lowest BCUT2D eigenvalue weighted by atomic mass is 10.1. The van der Waals surface area contributed by atoms with Crippen LogP contribution in [0.4, 0.5) is 5.69 Å². The van der Waals surface area contributed by atoms with Crippen molar-refractivity contribution in [3.63, 3.8) is 0 Å². The molecule has 0 amide bonds. The first-order chi connectivity index (χ1) is 8.75. The molecule has 1 aliphatic rings. The van der Waals surface area contributed by atoms with Crippen molar-refractivity contribution in [3.05, 3.63) is 38.9 Å². The highest BCUT2D eigenvalue weighted by molar-refractivity contribution is 5.92. The van der Waals surface area contributed by atoms with Crippen LogP contribution < -0.4 is 21.8 Å². The molecule has 1 unspecified atom stereocenters. The Kier molecular flexibility index (Phi) is 2.64. The van der Waals surface area contributed by atoms with Gasteiger partial charge in [0.25, 0.3) is 11.1 Å². The normalized spacial score (nSPS) is 19.2. The molecule has 2 aromatic rings. The van der Waals surface area contributed by atoms with Gasteiger partial charge in [0.15, 0.2) is 0 Å². The predicted molar refractivity (Wildman–Crippen MR) is 70.1 cm³/mol. The summed E-state index contributed by atoms with van der Waals surface area (Å²) < 4.78 is 0. The Hall–Kier alpha value is -2.08. The van der Waals surface area contributed by atoms with E-state index < -0.39 is 0 Å². The van der Waals surface area contributed by atoms with Crippen molar-refractivity contribution >= 4 is 16.5 Å². The lowest BCUT2D eigenvalue weighted by Crippen LogP contribution is -2.25. The van der Waals surface area contributed by atoms with Crippen LogP contribution in [0.3, 0.4) is 0 Å². The number of hydrogen-bond acceptors (Lipinski definition) is 4. The Morgan fingerprint density at radius 3 is 2.78 bits per heavy atom. The average molecular weight is 246 g/mol. The number of aromatic amines is 2. The first-order valence-electron chi connectivity index (χ1n) is 5.96. The van der Waals surface area contributed by atoms with E-state index in [1.807, 2.05) is 6.07 Å².